The molecule has 0 saturated carbocycles. The fourth-order valence-corrected chi connectivity index (χ4v) is 5.83. The normalized spacial score (nSPS) is 16.4. The van der Waals surface area contributed by atoms with Gasteiger partial charge in [-0.05, 0) is 68.7 Å². The molecule has 9 heteroatoms. The summed E-state index contributed by atoms with van der Waals surface area (Å²) in [5.74, 6) is -1.81. The summed E-state index contributed by atoms with van der Waals surface area (Å²) >= 11 is 12.9. The maximum absolute atomic E-state index is 13.7. The van der Waals surface area contributed by atoms with Crippen molar-refractivity contribution >= 4 is 52.0 Å². The molecule has 0 radical (unpaired) electrons. The van der Waals surface area contributed by atoms with Gasteiger partial charge < -0.3 is 19.5 Å². The lowest BCUT2D eigenvalue weighted by molar-refractivity contribution is -0.132. The predicted molar refractivity (Wildman–Crippen MR) is 160 cm³/mol. The minimum absolute atomic E-state index is 0.0305. The average Bonchev–Trinajstić information content (AvgIpc) is 3.20. The molecule has 1 saturated heterocycles. The lowest BCUT2D eigenvalue weighted by atomic mass is 9.94. The van der Waals surface area contributed by atoms with Crippen LogP contribution in [0.5, 0.6) is 11.5 Å². The van der Waals surface area contributed by atoms with Gasteiger partial charge in [0.05, 0.1) is 36.4 Å². The van der Waals surface area contributed by atoms with E-state index >= 15 is 0 Å². The van der Waals surface area contributed by atoms with Crippen LogP contribution in [-0.2, 0) is 9.59 Å². The van der Waals surface area contributed by atoms with Gasteiger partial charge in [0.25, 0.3) is 11.7 Å². The quantitative estimate of drug-likeness (QED) is 0.173. The molecule has 1 amide bonds. The molecule has 3 aromatic rings. The van der Waals surface area contributed by atoms with Gasteiger partial charge in [-0.1, -0.05) is 47.5 Å². The molecule has 0 aliphatic carbocycles. The number of aryl methyl sites for hydroxylation is 1. The van der Waals surface area contributed by atoms with Gasteiger partial charge in [-0.3, -0.25) is 14.5 Å². The van der Waals surface area contributed by atoms with Crippen molar-refractivity contribution in [2.45, 2.75) is 33.7 Å². The summed E-state index contributed by atoms with van der Waals surface area (Å²) in [4.78, 5) is 31.0. The highest BCUT2D eigenvalue weighted by Gasteiger charge is 2.48. The topological polar surface area (TPSA) is 79.3 Å². The second-order valence-electron chi connectivity index (χ2n) is 9.44. The Bertz CT molecular complexity index is 1500. The molecule has 1 heterocycles. The highest BCUT2D eigenvalue weighted by atomic mass is 35.5. The van der Waals surface area contributed by atoms with Crippen molar-refractivity contribution < 1.29 is 24.2 Å². The Morgan fingerprint density at radius 1 is 0.975 bits per heavy atom. The van der Waals surface area contributed by atoms with E-state index < -0.39 is 23.5 Å². The Kier molecular flexibility index (Phi) is 8.66. The molecule has 0 aromatic heterocycles. The van der Waals surface area contributed by atoms with E-state index in [1.807, 2.05) is 50.2 Å². The van der Waals surface area contributed by atoms with Gasteiger partial charge >= 0.3 is 0 Å². The van der Waals surface area contributed by atoms with E-state index in [1.165, 1.54) is 25.2 Å². The number of hydrogen-bond donors (Lipinski definition) is 1. The Hall–Kier alpha value is -3.68. The lowest BCUT2D eigenvalue weighted by Crippen LogP contribution is -2.30. The Morgan fingerprint density at radius 2 is 1.60 bits per heavy atom. The lowest BCUT2D eigenvalue weighted by Gasteiger charge is -2.28. The molecule has 0 bridgehead atoms. The summed E-state index contributed by atoms with van der Waals surface area (Å²) in [6.45, 7) is 9.65. The first kappa shape index (κ1) is 29.3. The van der Waals surface area contributed by atoms with Crippen molar-refractivity contribution in [2.24, 2.45) is 0 Å². The molecule has 0 spiro atoms. The number of rotatable bonds is 8. The number of Topliss-reactive ketones (excluding diaryl/α,β-unsaturated/α-hetero) is 1. The summed E-state index contributed by atoms with van der Waals surface area (Å²) in [5, 5.41) is 11.8. The van der Waals surface area contributed by atoms with Crippen LogP contribution in [0.15, 0.2) is 54.1 Å². The average molecular weight is 584 g/mol. The van der Waals surface area contributed by atoms with Crippen molar-refractivity contribution in [1.29, 1.82) is 0 Å². The molecule has 210 valence electrons. The zero-order valence-electron chi connectivity index (χ0n) is 23.3. The molecule has 3 aromatic carbocycles. The van der Waals surface area contributed by atoms with Crippen LogP contribution in [0.1, 0.15) is 42.1 Å². The molecule has 1 atom stereocenters. The standard InChI is InChI=1S/C31H32Cl2N2O5/c1-7-34(8-2)20-14-12-19(13-15-20)26-24(27(36)21-16-22(32)30(40-6)25(33)29(21)39-5)28(37)31(38)35(26)23-11-9-10-17(3)18(23)4/h9-16,26,36H,7-8H2,1-6H3/b27-24+. The number of amides is 1. The summed E-state index contributed by atoms with van der Waals surface area (Å²) in [6.07, 6.45) is 0. The number of hydrogen-bond acceptors (Lipinski definition) is 6. The molecule has 1 aliphatic heterocycles. The van der Waals surface area contributed by atoms with E-state index in [9.17, 15) is 14.7 Å². The van der Waals surface area contributed by atoms with Crippen LogP contribution >= 0.6 is 23.2 Å². The van der Waals surface area contributed by atoms with Gasteiger partial charge in [-0.25, -0.2) is 0 Å². The SMILES string of the molecule is CCN(CC)c1ccc(C2/C(=C(\O)c3cc(Cl)c(OC)c(Cl)c3OC)C(=O)C(=O)N2c2cccc(C)c2C)cc1. The van der Waals surface area contributed by atoms with Gasteiger partial charge in [0.1, 0.15) is 10.8 Å². The van der Waals surface area contributed by atoms with E-state index in [0.29, 0.717) is 11.3 Å². The number of ketones is 1. The minimum Gasteiger partial charge on any atom is -0.507 e. The largest absolute Gasteiger partial charge is 0.507 e. The van der Waals surface area contributed by atoms with E-state index in [2.05, 4.69) is 18.7 Å². The van der Waals surface area contributed by atoms with Crippen molar-refractivity contribution in [3.05, 3.63) is 86.4 Å². The fraction of sp³-hybridized carbons (Fsp3) is 0.290. The number of halogens is 2. The number of methoxy groups -OCH3 is 2. The van der Waals surface area contributed by atoms with E-state index in [0.717, 1.165) is 29.9 Å². The van der Waals surface area contributed by atoms with Gasteiger partial charge in [-0.15, -0.1) is 0 Å². The third-order valence-corrected chi connectivity index (χ3v) is 8.04. The monoisotopic (exact) mass is 582 g/mol. The second-order valence-corrected chi connectivity index (χ2v) is 10.2. The molecule has 7 nitrogen and oxygen atoms in total. The molecule has 4 rings (SSSR count). The predicted octanol–water partition coefficient (Wildman–Crippen LogP) is 7.10. The van der Waals surface area contributed by atoms with E-state index in [4.69, 9.17) is 32.7 Å². The molecular weight excluding hydrogens is 551 g/mol. The minimum atomic E-state index is -0.921. The second kappa shape index (κ2) is 11.8. The smallest absolute Gasteiger partial charge is 0.300 e. The molecule has 1 aliphatic rings. The van der Waals surface area contributed by atoms with E-state index in [-0.39, 0.29) is 32.7 Å². The van der Waals surface area contributed by atoms with Crippen LogP contribution in [0, 0.1) is 13.8 Å². The maximum Gasteiger partial charge on any atom is 0.300 e. The number of aliphatic hydroxyl groups excluding tert-OH is 1. The first-order valence-corrected chi connectivity index (χ1v) is 13.7. The first-order valence-electron chi connectivity index (χ1n) is 12.9. The van der Waals surface area contributed by atoms with Crippen LogP contribution in [0.2, 0.25) is 10.0 Å². The number of aliphatic hydroxyl groups is 1. The summed E-state index contributed by atoms with van der Waals surface area (Å²) < 4.78 is 10.8. The molecule has 1 fully saturated rings. The summed E-state index contributed by atoms with van der Waals surface area (Å²) in [5.41, 5.74) is 4.03. The van der Waals surface area contributed by atoms with Crippen molar-refractivity contribution in [3.63, 3.8) is 0 Å². The fourth-order valence-electron chi connectivity index (χ4n) is 5.14. The van der Waals surface area contributed by atoms with Gasteiger partial charge in [0.15, 0.2) is 11.5 Å². The number of benzene rings is 3. The van der Waals surface area contributed by atoms with Crippen LogP contribution in [0.3, 0.4) is 0 Å². The number of carbonyl (C=O) groups is 2. The van der Waals surface area contributed by atoms with Crippen LogP contribution in [0.25, 0.3) is 5.76 Å². The molecular formula is C31H32Cl2N2O5. The number of ether oxygens (including phenoxy) is 2. The third-order valence-electron chi connectivity index (χ3n) is 7.41. The van der Waals surface area contributed by atoms with Crippen LogP contribution < -0.4 is 19.3 Å². The number of anilines is 2. The maximum atomic E-state index is 13.7. The summed E-state index contributed by atoms with van der Waals surface area (Å²) in [7, 11) is 2.78. The molecule has 1 unspecified atom stereocenters. The zero-order valence-corrected chi connectivity index (χ0v) is 24.9. The third kappa shape index (κ3) is 4.88. The molecule has 1 N–H and O–H groups in total. The van der Waals surface area contributed by atoms with Crippen molar-refractivity contribution in [3.8, 4) is 11.5 Å². The highest BCUT2D eigenvalue weighted by Crippen LogP contribution is 2.48. The first-order chi connectivity index (χ1) is 19.1. The Balaban J connectivity index is 2.01. The van der Waals surface area contributed by atoms with Crippen LogP contribution in [0.4, 0.5) is 11.4 Å². The van der Waals surface area contributed by atoms with E-state index in [1.54, 1.807) is 6.07 Å². The Morgan fingerprint density at radius 3 is 2.17 bits per heavy atom. The van der Waals surface area contributed by atoms with Crippen molar-refractivity contribution in [2.75, 3.05) is 37.1 Å². The van der Waals surface area contributed by atoms with Gasteiger partial charge in [0, 0.05) is 24.5 Å². The summed E-state index contributed by atoms with van der Waals surface area (Å²) in [6, 6.07) is 13.7. The zero-order chi connectivity index (χ0) is 29.3. The highest BCUT2D eigenvalue weighted by molar-refractivity contribution is 6.52. The van der Waals surface area contributed by atoms with Gasteiger partial charge in [0.2, 0.25) is 0 Å². The number of nitrogens with zero attached hydrogens (tertiary/aromatic N) is 2. The number of carbonyl (C=O) groups excluding carboxylic acids is 2. The van der Waals surface area contributed by atoms with Crippen molar-refractivity contribution in [1.82, 2.24) is 0 Å². The van der Waals surface area contributed by atoms with Crippen LogP contribution in [-0.4, -0.2) is 44.1 Å². The van der Waals surface area contributed by atoms with Gasteiger partial charge in [-0.2, -0.15) is 0 Å². The Labute approximate surface area is 244 Å². The molecule has 40 heavy (non-hydrogen) atoms.